The van der Waals surface area contributed by atoms with E-state index in [1.54, 1.807) is 6.20 Å². The molecule has 0 aromatic carbocycles. The van der Waals surface area contributed by atoms with Gasteiger partial charge in [-0.25, -0.2) is 9.98 Å². The number of fused-ring (bicyclic) bond motifs is 1. The third-order valence-corrected chi connectivity index (χ3v) is 2.04. The van der Waals surface area contributed by atoms with Crippen molar-refractivity contribution in [3.8, 4) is 0 Å². The van der Waals surface area contributed by atoms with Gasteiger partial charge in [0.1, 0.15) is 0 Å². The van der Waals surface area contributed by atoms with Crippen molar-refractivity contribution in [3.05, 3.63) is 29.6 Å². The maximum atomic E-state index is 4.25. The Kier molecular flexibility index (Phi) is 0.961. The molecule has 0 atom stereocenters. The van der Waals surface area contributed by atoms with Crippen molar-refractivity contribution in [2.75, 3.05) is 5.32 Å². The number of allylic oxidation sites excluding steroid dienone is 2. The van der Waals surface area contributed by atoms with Crippen molar-refractivity contribution in [2.45, 2.75) is 6.42 Å². The molecule has 1 aromatic heterocycles. The molecule has 3 rings (SSSR count). The maximum Gasteiger partial charge on any atom is 0.175 e. The van der Waals surface area contributed by atoms with Crippen molar-refractivity contribution in [1.82, 2.24) is 4.98 Å². The Balaban J connectivity index is 2.16. The van der Waals surface area contributed by atoms with Crippen LogP contribution in [0.25, 0.3) is 0 Å². The summed E-state index contributed by atoms with van der Waals surface area (Å²) in [6, 6.07) is 3.91. The molecule has 0 bridgehead atoms. The molecule has 0 saturated carbocycles. The van der Waals surface area contributed by atoms with E-state index in [1.165, 1.54) is 11.3 Å². The second kappa shape index (κ2) is 1.94. The number of aromatic nitrogens is 1. The number of aliphatic imine (C=N–C) groups is 1. The molecule has 0 unspecified atom stereocenters. The Morgan fingerprint density at radius 1 is 1.42 bits per heavy atom. The van der Waals surface area contributed by atoms with Gasteiger partial charge in [0.25, 0.3) is 0 Å². The highest BCUT2D eigenvalue weighted by molar-refractivity contribution is 5.93. The molecule has 1 aliphatic carbocycles. The summed E-state index contributed by atoms with van der Waals surface area (Å²) >= 11 is 0. The molecule has 0 spiro atoms. The van der Waals surface area contributed by atoms with Gasteiger partial charge in [-0.05, 0) is 17.7 Å². The fraction of sp³-hybridized carbons (Fsp3) is 0.111. The van der Waals surface area contributed by atoms with Crippen LogP contribution in [0.3, 0.4) is 0 Å². The Bertz CT molecular complexity index is 404. The van der Waals surface area contributed by atoms with E-state index >= 15 is 0 Å². The lowest BCUT2D eigenvalue weighted by Gasteiger charge is -2.02. The van der Waals surface area contributed by atoms with Gasteiger partial charge in [-0.3, -0.25) is 0 Å². The second-order valence-electron chi connectivity index (χ2n) is 2.94. The fourth-order valence-corrected chi connectivity index (χ4v) is 1.29. The van der Waals surface area contributed by atoms with E-state index in [9.17, 15) is 0 Å². The minimum Gasteiger partial charge on any atom is -0.355 e. The second-order valence-corrected chi connectivity index (χ2v) is 2.94. The Hall–Kier alpha value is -1.64. The third kappa shape index (κ3) is 0.763. The zero-order valence-electron chi connectivity index (χ0n) is 6.41. The first-order valence-corrected chi connectivity index (χ1v) is 3.91. The van der Waals surface area contributed by atoms with Crippen LogP contribution in [-0.4, -0.2) is 11.2 Å². The van der Waals surface area contributed by atoms with Crippen molar-refractivity contribution in [2.24, 2.45) is 4.99 Å². The minimum absolute atomic E-state index is 0.782. The van der Waals surface area contributed by atoms with Gasteiger partial charge in [0.05, 0.1) is 5.69 Å². The van der Waals surface area contributed by atoms with Crippen LogP contribution in [0.15, 0.2) is 34.6 Å². The van der Waals surface area contributed by atoms with Crippen LogP contribution in [0.1, 0.15) is 6.42 Å². The molecular formula is C9H7N3. The summed E-state index contributed by atoms with van der Waals surface area (Å²) in [6.07, 6.45) is 4.70. The molecule has 1 aliphatic heterocycles. The molecule has 3 heteroatoms. The van der Waals surface area contributed by atoms with Gasteiger partial charge in [0.2, 0.25) is 0 Å². The summed E-state index contributed by atoms with van der Waals surface area (Å²) in [5, 5.41) is 3.29. The Morgan fingerprint density at radius 2 is 2.42 bits per heavy atom. The number of rotatable bonds is 0. The van der Waals surface area contributed by atoms with E-state index in [0.717, 1.165) is 17.9 Å². The summed E-state index contributed by atoms with van der Waals surface area (Å²) in [4.78, 5) is 8.40. The average molecular weight is 157 g/mol. The molecule has 2 heterocycles. The van der Waals surface area contributed by atoms with Gasteiger partial charge in [0.15, 0.2) is 5.82 Å². The Labute approximate surface area is 69.9 Å². The van der Waals surface area contributed by atoms with E-state index in [-0.39, 0.29) is 0 Å². The van der Waals surface area contributed by atoms with Crippen molar-refractivity contribution < 1.29 is 0 Å². The van der Waals surface area contributed by atoms with Crippen LogP contribution >= 0.6 is 0 Å². The smallest absolute Gasteiger partial charge is 0.175 e. The standard InChI is InChI=1S/C9H7N3/c1-2-7-9(10-3-1)11-5-6-4-8(6)12-7/h1-3,5,12H,4H2. The number of nitrogens with zero attached hydrogens (tertiary/aromatic N) is 2. The average Bonchev–Trinajstić information content (AvgIpc) is 2.80. The molecule has 2 aliphatic rings. The van der Waals surface area contributed by atoms with E-state index < -0.39 is 0 Å². The molecular weight excluding hydrogens is 150 g/mol. The van der Waals surface area contributed by atoms with E-state index in [4.69, 9.17) is 0 Å². The quantitative estimate of drug-likeness (QED) is 0.624. The van der Waals surface area contributed by atoms with Crippen LogP contribution < -0.4 is 5.32 Å². The first kappa shape index (κ1) is 5.94. The van der Waals surface area contributed by atoms with Gasteiger partial charge < -0.3 is 5.32 Å². The number of anilines is 1. The molecule has 12 heavy (non-hydrogen) atoms. The summed E-state index contributed by atoms with van der Waals surface area (Å²) in [6.45, 7) is 0. The van der Waals surface area contributed by atoms with Crippen LogP contribution in [0.5, 0.6) is 0 Å². The molecule has 0 fully saturated rings. The minimum atomic E-state index is 0.782. The summed E-state index contributed by atoms with van der Waals surface area (Å²) in [5.41, 5.74) is 3.59. The lowest BCUT2D eigenvalue weighted by atomic mass is 10.4. The zero-order chi connectivity index (χ0) is 7.97. The highest BCUT2D eigenvalue weighted by Crippen LogP contribution is 2.36. The first-order valence-electron chi connectivity index (χ1n) is 3.91. The topological polar surface area (TPSA) is 37.3 Å². The lowest BCUT2D eigenvalue weighted by Crippen LogP contribution is -1.90. The van der Waals surface area contributed by atoms with Crippen LogP contribution in [0.2, 0.25) is 0 Å². The molecule has 1 aromatic rings. The van der Waals surface area contributed by atoms with Crippen LogP contribution in [-0.2, 0) is 0 Å². The fourth-order valence-electron chi connectivity index (χ4n) is 1.29. The number of hydrogen-bond acceptors (Lipinski definition) is 3. The first-order chi connectivity index (χ1) is 5.93. The maximum absolute atomic E-state index is 4.25. The number of nitrogens with one attached hydrogen (secondary N) is 1. The Morgan fingerprint density at radius 3 is 3.42 bits per heavy atom. The largest absolute Gasteiger partial charge is 0.355 e. The zero-order valence-corrected chi connectivity index (χ0v) is 6.41. The highest BCUT2D eigenvalue weighted by Gasteiger charge is 2.22. The molecule has 0 amide bonds. The van der Waals surface area contributed by atoms with Crippen LogP contribution in [0.4, 0.5) is 11.5 Å². The van der Waals surface area contributed by atoms with E-state index in [0.29, 0.717) is 0 Å². The summed E-state index contributed by atoms with van der Waals surface area (Å²) in [5.74, 6) is 0.782. The molecule has 3 nitrogen and oxygen atoms in total. The van der Waals surface area contributed by atoms with Crippen LogP contribution in [0, 0.1) is 0 Å². The van der Waals surface area contributed by atoms with E-state index in [1.807, 2.05) is 18.3 Å². The SMILES string of the molecule is C1=Nc2ncccc2NC2=C1C2. The van der Waals surface area contributed by atoms with Gasteiger partial charge in [0, 0.05) is 24.5 Å². The van der Waals surface area contributed by atoms with Gasteiger partial charge in [-0.1, -0.05) is 0 Å². The summed E-state index contributed by atoms with van der Waals surface area (Å²) in [7, 11) is 0. The van der Waals surface area contributed by atoms with Crippen molar-refractivity contribution in [1.29, 1.82) is 0 Å². The third-order valence-electron chi connectivity index (χ3n) is 2.04. The predicted octanol–water partition coefficient (Wildman–Crippen LogP) is 1.87. The monoisotopic (exact) mass is 157 g/mol. The van der Waals surface area contributed by atoms with Gasteiger partial charge >= 0.3 is 0 Å². The van der Waals surface area contributed by atoms with Crippen molar-refractivity contribution >= 4 is 17.7 Å². The molecule has 1 N–H and O–H groups in total. The molecule has 0 saturated heterocycles. The van der Waals surface area contributed by atoms with E-state index in [2.05, 4.69) is 15.3 Å². The number of pyridine rings is 1. The predicted molar refractivity (Wildman–Crippen MR) is 47.7 cm³/mol. The van der Waals surface area contributed by atoms with Crippen molar-refractivity contribution in [3.63, 3.8) is 0 Å². The normalized spacial score (nSPS) is 17.7. The number of hydrogen-bond donors (Lipinski definition) is 1. The van der Waals surface area contributed by atoms with Gasteiger partial charge in [-0.15, -0.1) is 0 Å². The highest BCUT2D eigenvalue weighted by atomic mass is 15.0. The van der Waals surface area contributed by atoms with Gasteiger partial charge in [-0.2, -0.15) is 0 Å². The summed E-state index contributed by atoms with van der Waals surface area (Å²) < 4.78 is 0. The lowest BCUT2D eigenvalue weighted by molar-refractivity contribution is 1.26. The molecule has 58 valence electrons. The molecule has 0 radical (unpaired) electrons.